The minimum absolute atomic E-state index is 0.798. The molecule has 1 aromatic rings. The summed E-state index contributed by atoms with van der Waals surface area (Å²) >= 11 is 0. The van der Waals surface area contributed by atoms with E-state index < -0.39 is 0 Å². The Kier molecular flexibility index (Phi) is 9.27. The van der Waals surface area contributed by atoms with Crippen LogP contribution in [0.1, 0.15) is 45.4 Å². The molecule has 1 aromatic carbocycles. The summed E-state index contributed by atoms with van der Waals surface area (Å²) in [7, 11) is 0. The van der Waals surface area contributed by atoms with Crippen LogP contribution in [0, 0.1) is 0 Å². The Morgan fingerprint density at radius 2 is 1.61 bits per heavy atom. The second kappa shape index (κ2) is 11.1. The van der Waals surface area contributed by atoms with E-state index in [4.69, 9.17) is 4.74 Å². The molecule has 0 aliphatic rings. The summed E-state index contributed by atoms with van der Waals surface area (Å²) in [5.74, 6) is 0.970. The summed E-state index contributed by atoms with van der Waals surface area (Å²) < 4.78 is 5.63. The van der Waals surface area contributed by atoms with E-state index in [2.05, 4.69) is 12.2 Å². The molecule has 1 rings (SSSR count). The first-order valence-electron chi connectivity index (χ1n) is 7.32. The van der Waals surface area contributed by atoms with Crippen LogP contribution < -0.4 is 10.1 Å². The zero-order valence-corrected chi connectivity index (χ0v) is 11.7. The van der Waals surface area contributed by atoms with E-state index in [1.54, 1.807) is 0 Å². The monoisotopic (exact) mass is 249 g/mol. The highest BCUT2D eigenvalue weighted by atomic mass is 16.5. The van der Waals surface area contributed by atoms with Crippen molar-refractivity contribution in [3.63, 3.8) is 0 Å². The van der Waals surface area contributed by atoms with Crippen molar-refractivity contribution in [2.45, 2.75) is 45.4 Å². The van der Waals surface area contributed by atoms with E-state index in [1.807, 2.05) is 30.3 Å². The Morgan fingerprint density at radius 3 is 2.39 bits per heavy atom. The van der Waals surface area contributed by atoms with Gasteiger partial charge in [0.15, 0.2) is 0 Å². The number of rotatable bonds is 11. The van der Waals surface area contributed by atoms with E-state index in [9.17, 15) is 0 Å². The summed E-state index contributed by atoms with van der Waals surface area (Å²) in [5.41, 5.74) is 0. The van der Waals surface area contributed by atoms with Gasteiger partial charge in [-0.1, -0.05) is 50.8 Å². The van der Waals surface area contributed by atoms with Crippen molar-refractivity contribution < 1.29 is 4.74 Å². The Morgan fingerprint density at radius 1 is 0.889 bits per heavy atom. The fourth-order valence-corrected chi connectivity index (χ4v) is 1.88. The van der Waals surface area contributed by atoms with Crippen molar-refractivity contribution in [1.82, 2.24) is 5.32 Å². The molecule has 0 aliphatic heterocycles. The SMILES string of the molecule is CCCCCCCNCCCOc1ccccc1. The number of ether oxygens (including phenoxy) is 1. The molecule has 0 atom stereocenters. The lowest BCUT2D eigenvalue weighted by atomic mass is 10.1. The molecule has 0 amide bonds. The third-order valence-corrected chi connectivity index (χ3v) is 2.97. The number of benzene rings is 1. The van der Waals surface area contributed by atoms with Crippen LogP contribution in [-0.2, 0) is 0 Å². The van der Waals surface area contributed by atoms with Crippen LogP contribution in [0.2, 0.25) is 0 Å². The maximum Gasteiger partial charge on any atom is 0.119 e. The van der Waals surface area contributed by atoms with Gasteiger partial charge in [-0.3, -0.25) is 0 Å². The van der Waals surface area contributed by atoms with E-state index in [-0.39, 0.29) is 0 Å². The van der Waals surface area contributed by atoms with Crippen LogP contribution in [0.3, 0.4) is 0 Å². The number of hydrogen-bond donors (Lipinski definition) is 1. The standard InChI is InChI=1S/C16H27NO/c1-2-3-4-5-9-13-17-14-10-15-18-16-11-7-6-8-12-16/h6-8,11-12,17H,2-5,9-10,13-15H2,1H3. The van der Waals surface area contributed by atoms with Gasteiger partial charge in [-0.15, -0.1) is 0 Å². The van der Waals surface area contributed by atoms with Crippen molar-refractivity contribution in [3.8, 4) is 5.75 Å². The van der Waals surface area contributed by atoms with E-state index in [0.717, 1.165) is 31.9 Å². The molecule has 0 aliphatic carbocycles. The van der Waals surface area contributed by atoms with Gasteiger partial charge in [0.2, 0.25) is 0 Å². The summed E-state index contributed by atoms with van der Waals surface area (Å²) in [4.78, 5) is 0. The quantitative estimate of drug-likeness (QED) is 0.598. The molecule has 102 valence electrons. The lowest BCUT2D eigenvalue weighted by Crippen LogP contribution is -2.18. The van der Waals surface area contributed by atoms with Crippen LogP contribution in [-0.4, -0.2) is 19.7 Å². The van der Waals surface area contributed by atoms with Gasteiger partial charge in [0.1, 0.15) is 5.75 Å². The molecule has 0 radical (unpaired) electrons. The Labute approximate surface area is 112 Å². The van der Waals surface area contributed by atoms with Gasteiger partial charge in [0.25, 0.3) is 0 Å². The lowest BCUT2D eigenvalue weighted by molar-refractivity contribution is 0.308. The largest absolute Gasteiger partial charge is 0.494 e. The Hall–Kier alpha value is -1.02. The van der Waals surface area contributed by atoms with Gasteiger partial charge >= 0.3 is 0 Å². The predicted octanol–water partition coefficient (Wildman–Crippen LogP) is 4.02. The fourth-order valence-electron chi connectivity index (χ4n) is 1.88. The predicted molar refractivity (Wildman–Crippen MR) is 78.2 cm³/mol. The maximum absolute atomic E-state index is 5.63. The topological polar surface area (TPSA) is 21.3 Å². The van der Waals surface area contributed by atoms with Crippen molar-refractivity contribution in [2.75, 3.05) is 19.7 Å². The molecular formula is C16H27NO. The van der Waals surface area contributed by atoms with Crippen LogP contribution in [0.5, 0.6) is 5.75 Å². The van der Waals surface area contributed by atoms with Crippen LogP contribution in [0.15, 0.2) is 30.3 Å². The molecule has 2 heteroatoms. The smallest absolute Gasteiger partial charge is 0.119 e. The highest BCUT2D eigenvalue weighted by molar-refractivity contribution is 5.20. The molecule has 0 fully saturated rings. The van der Waals surface area contributed by atoms with Crippen molar-refractivity contribution in [1.29, 1.82) is 0 Å². The summed E-state index contributed by atoms with van der Waals surface area (Å²) in [6.45, 7) is 5.26. The van der Waals surface area contributed by atoms with Crippen LogP contribution in [0.25, 0.3) is 0 Å². The molecule has 2 nitrogen and oxygen atoms in total. The zero-order valence-electron chi connectivity index (χ0n) is 11.7. The van der Waals surface area contributed by atoms with Gasteiger partial charge < -0.3 is 10.1 Å². The van der Waals surface area contributed by atoms with Gasteiger partial charge in [0.05, 0.1) is 6.61 Å². The van der Waals surface area contributed by atoms with Gasteiger partial charge in [-0.2, -0.15) is 0 Å². The molecule has 0 heterocycles. The number of hydrogen-bond acceptors (Lipinski definition) is 2. The summed E-state index contributed by atoms with van der Waals surface area (Å²) in [5, 5.41) is 3.47. The molecule has 0 bridgehead atoms. The maximum atomic E-state index is 5.63. The highest BCUT2D eigenvalue weighted by Gasteiger charge is 1.92. The third kappa shape index (κ3) is 8.13. The lowest BCUT2D eigenvalue weighted by Gasteiger charge is -2.07. The molecule has 1 N–H and O–H groups in total. The second-order valence-corrected chi connectivity index (χ2v) is 4.68. The number of para-hydroxylation sites is 1. The van der Waals surface area contributed by atoms with E-state index in [0.29, 0.717) is 0 Å². The first-order chi connectivity index (χ1) is 8.93. The van der Waals surface area contributed by atoms with Crippen molar-refractivity contribution in [3.05, 3.63) is 30.3 Å². The number of nitrogens with one attached hydrogen (secondary N) is 1. The molecule has 0 aromatic heterocycles. The molecule has 0 saturated heterocycles. The molecule has 0 saturated carbocycles. The van der Waals surface area contributed by atoms with Crippen molar-refractivity contribution in [2.24, 2.45) is 0 Å². The second-order valence-electron chi connectivity index (χ2n) is 4.68. The zero-order chi connectivity index (χ0) is 12.9. The van der Waals surface area contributed by atoms with Crippen LogP contribution in [0.4, 0.5) is 0 Å². The Balaban J connectivity index is 1.82. The summed E-state index contributed by atoms with van der Waals surface area (Å²) in [6.07, 6.45) is 7.83. The average molecular weight is 249 g/mol. The molecule has 0 spiro atoms. The molecular weight excluding hydrogens is 222 g/mol. The normalized spacial score (nSPS) is 10.5. The molecule has 0 unspecified atom stereocenters. The Bertz CT molecular complexity index is 274. The van der Waals surface area contributed by atoms with E-state index >= 15 is 0 Å². The third-order valence-electron chi connectivity index (χ3n) is 2.97. The van der Waals surface area contributed by atoms with E-state index in [1.165, 1.54) is 32.1 Å². The minimum atomic E-state index is 0.798. The summed E-state index contributed by atoms with van der Waals surface area (Å²) in [6, 6.07) is 10.0. The highest BCUT2D eigenvalue weighted by Crippen LogP contribution is 2.08. The fraction of sp³-hybridized carbons (Fsp3) is 0.625. The minimum Gasteiger partial charge on any atom is -0.494 e. The average Bonchev–Trinajstić information content (AvgIpc) is 2.42. The van der Waals surface area contributed by atoms with Crippen molar-refractivity contribution >= 4 is 0 Å². The van der Waals surface area contributed by atoms with Gasteiger partial charge in [0, 0.05) is 0 Å². The number of unbranched alkanes of at least 4 members (excludes halogenated alkanes) is 4. The first-order valence-corrected chi connectivity index (χ1v) is 7.32. The molecule has 18 heavy (non-hydrogen) atoms. The van der Waals surface area contributed by atoms with Crippen LogP contribution >= 0.6 is 0 Å². The van der Waals surface area contributed by atoms with Gasteiger partial charge in [-0.25, -0.2) is 0 Å². The van der Waals surface area contributed by atoms with Gasteiger partial charge in [-0.05, 0) is 38.1 Å². The first kappa shape index (κ1) is 15.0.